The molecular formula is C11H20O6. The maximum absolute atomic E-state index is 11.2. The van der Waals surface area contributed by atoms with Gasteiger partial charge in [0.15, 0.2) is 12.1 Å². The first-order valence-corrected chi connectivity index (χ1v) is 5.51. The standard InChI is InChI=1S/C11H20O6/c1-5(12)9-7(14)6(13)8(15)10(16-9)17-11(2,3)4/h6-10,13-15H,1-4H3/t6-,7+,8+,9-,10+/m1/s1. The minimum Gasteiger partial charge on any atom is -0.387 e. The zero-order valence-corrected chi connectivity index (χ0v) is 10.5. The molecule has 100 valence electrons. The maximum atomic E-state index is 11.2. The molecule has 5 atom stereocenters. The molecule has 0 unspecified atom stereocenters. The van der Waals surface area contributed by atoms with Crippen molar-refractivity contribution >= 4 is 5.78 Å². The number of carbonyl (C=O) groups is 1. The van der Waals surface area contributed by atoms with E-state index in [1.165, 1.54) is 6.92 Å². The number of ether oxygens (including phenoxy) is 2. The Hall–Kier alpha value is -0.530. The molecule has 1 aliphatic rings. The molecule has 0 radical (unpaired) electrons. The second kappa shape index (κ2) is 4.99. The van der Waals surface area contributed by atoms with Crippen LogP contribution in [0.25, 0.3) is 0 Å². The molecule has 1 aliphatic heterocycles. The SMILES string of the molecule is CC(=O)[C@H]1O[C@@H](OC(C)(C)C)[C@@H](O)[C@H](O)[C@@H]1O. The van der Waals surface area contributed by atoms with E-state index in [1.54, 1.807) is 20.8 Å². The first-order valence-electron chi connectivity index (χ1n) is 5.51. The zero-order chi connectivity index (χ0) is 13.4. The molecular weight excluding hydrogens is 228 g/mol. The van der Waals surface area contributed by atoms with E-state index in [9.17, 15) is 20.1 Å². The lowest BCUT2D eigenvalue weighted by atomic mass is 9.96. The Morgan fingerprint density at radius 3 is 2.06 bits per heavy atom. The zero-order valence-electron chi connectivity index (χ0n) is 10.5. The highest BCUT2D eigenvalue weighted by molar-refractivity contribution is 5.81. The third kappa shape index (κ3) is 3.46. The van der Waals surface area contributed by atoms with Gasteiger partial charge in [-0.15, -0.1) is 0 Å². The summed E-state index contributed by atoms with van der Waals surface area (Å²) in [6, 6.07) is 0. The molecule has 6 nitrogen and oxygen atoms in total. The minimum absolute atomic E-state index is 0.425. The molecule has 17 heavy (non-hydrogen) atoms. The van der Waals surface area contributed by atoms with Crippen LogP contribution < -0.4 is 0 Å². The fourth-order valence-corrected chi connectivity index (χ4v) is 1.63. The molecule has 1 rings (SSSR count). The Bertz CT molecular complexity index is 284. The van der Waals surface area contributed by atoms with Crippen LogP contribution in [0.4, 0.5) is 0 Å². The molecule has 1 saturated heterocycles. The number of rotatable bonds is 2. The molecule has 3 N–H and O–H groups in total. The fraction of sp³-hybridized carbons (Fsp3) is 0.909. The average molecular weight is 248 g/mol. The van der Waals surface area contributed by atoms with Gasteiger partial charge >= 0.3 is 0 Å². The van der Waals surface area contributed by atoms with E-state index in [2.05, 4.69) is 0 Å². The third-order valence-corrected chi connectivity index (χ3v) is 2.44. The number of ketones is 1. The van der Waals surface area contributed by atoms with Crippen LogP contribution in [-0.4, -0.2) is 57.4 Å². The Morgan fingerprint density at radius 1 is 1.12 bits per heavy atom. The Labute approximate surface area is 100 Å². The third-order valence-electron chi connectivity index (χ3n) is 2.44. The smallest absolute Gasteiger partial charge is 0.187 e. The van der Waals surface area contributed by atoms with E-state index in [0.717, 1.165) is 0 Å². The van der Waals surface area contributed by atoms with Crippen molar-refractivity contribution in [1.82, 2.24) is 0 Å². The number of carbonyl (C=O) groups excluding carboxylic acids is 1. The summed E-state index contributed by atoms with van der Waals surface area (Å²) < 4.78 is 10.6. The first-order chi connectivity index (χ1) is 7.63. The van der Waals surface area contributed by atoms with Crippen LogP contribution in [0.5, 0.6) is 0 Å². The molecule has 0 amide bonds. The Balaban J connectivity index is 2.82. The minimum atomic E-state index is -1.47. The molecule has 0 aromatic heterocycles. The van der Waals surface area contributed by atoms with E-state index < -0.39 is 42.1 Å². The van der Waals surface area contributed by atoms with Crippen LogP contribution >= 0.6 is 0 Å². The predicted octanol–water partition coefficient (Wildman–Crippen LogP) is -0.802. The summed E-state index contributed by atoms with van der Waals surface area (Å²) in [5.74, 6) is -0.425. The number of aliphatic hydroxyl groups is 3. The highest BCUT2D eigenvalue weighted by atomic mass is 16.7. The van der Waals surface area contributed by atoms with Gasteiger partial charge in [0, 0.05) is 0 Å². The van der Waals surface area contributed by atoms with Crippen molar-refractivity contribution in [2.75, 3.05) is 0 Å². The molecule has 0 aliphatic carbocycles. The summed E-state index contributed by atoms with van der Waals surface area (Å²) in [6.07, 6.45) is -6.62. The monoisotopic (exact) mass is 248 g/mol. The number of hydrogen-bond acceptors (Lipinski definition) is 6. The van der Waals surface area contributed by atoms with Crippen LogP contribution in [0.3, 0.4) is 0 Å². The first kappa shape index (κ1) is 14.5. The van der Waals surface area contributed by atoms with Gasteiger partial charge in [-0.3, -0.25) is 4.79 Å². The van der Waals surface area contributed by atoms with E-state index in [4.69, 9.17) is 9.47 Å². The van der Waals surface area contributed by atoms with Gasteiger partial charge in [0.1, 0.15) is 24.4 Å². The largest absolute Gasteiger partial charge is 0.387 e. The number of Topliss-reactive ketones (excluding diaryl/α,β-unsaturated/α-hetero) is 1. The molecule has 1 fully saturated rings. The van der Waals surface area contributed by atoms with Crippen LogP contribution in [0.2, 0.25) is 0 Å². The maximum Gasteiger partial charge on any atom is 0.187 e. The number of aliphatic hydroxyl groups excluding tert-OH is 3. The molecule has 0 saturated carbocycles. The molecule has 0 bridgehead atoms. The van der Waals surface area contributed by atoms with Crippen molar-refractivity contribution in [3.8, 4) is 0 Å². The predicted molar refractivity (Wildman–Crippen MR) is 58.2 cm³/mol. The summed E-state index contributed by atoms with van der Waals surface area (Å²) >= 11 is 0. The van der Waals surface area contributed by atoms with E-state index in [-0.39, 0.29) is 0 Å². The summed E-state index contributed by atoms with van der Waals surface area (Å²) in [5.41, 5.74) is -0.602. The van der Waals surface area contributed by atoms with E-state index in [1.807, 2.05) is 0 Å². The summed E-state index contributed by atoms with van der Waals surface area (Å²) in [5, 5.41) is 28.9. The van der Waals surface area contributed by atoms with E-state index >= 15 is 0 Å². The Kier molecular flexibility index (Phi) is 4.27. The highest BCUT2D eigenvalue weighted by Gasteiger charge is 2.47. The number of hydrogen-bond donors (Lipinski definition) is 3. The summed E-state index contributed by atoms with van der Waals surface area (Å²) in [6.45, 7) is 6.50. The average Bonchev–Trinajstić information content (AvgIpc) is 2.16. The van der Waals surface area contributed by atoms with Crippen molar-refractivity contribution in [1.29, 1.82) is 0 Å². The normalized spacial score (nSPS) is 39.1. The van der Waals surface area contributed by atoms with Crippen LogP contribution in [0.1, 0.15) is 27.7 Å². The molecule has 0 aromatic carbocycles. The highest BCUT2D eigenvalue weighted by Crippen LogP contribution is 2.25. The molecule has 1 heterocycles. The molecule has 0 aromatic rings. The fourth-order valence-electron chi connectivity index (χ4n) is 1.63. The van der Waals surface area contributed by atoms with Gasteiger partial charge in [-0.2, -0.15) is 0 Å². The topological polar surface area (TPSA) is 96.2 Å². The Morgan fingerprint density at radius 2 is 1.65 bits per heavy atom. The van der Waals surface area contributed by atoms with Crippen LogP contribution in [0, 0.1) is 0 Å². The van der Waals surface area contributed by atoms with Gasteiger partial charge in [-0.1, -0.05) is 0 Å². The molecule has 6 heteroatoms. The van der Waals surface area contributed by atoms with Crippen LogP contribution in [0.15, 0.2) is 0 Å². The van der Waals surface area contributed by atoms with Gasteiger partial charge in [-0.05, 0) is 27.7 Å². The van der Waals surface area contributed by atoms with Gasteiger partial charge in [0.2, 0.25) is 0 Å². The quantitative estimate of drug-likeness (QED) is 0.592. The second-order valence-corrected chi connectivity index (χ2v) is 5.24. The molecule has 0 spiro atoms. The van der Waals surface area contributed by atoms with Gasteiger partial charge in [0.25, 0.3) is 0 Å². The van der Waals surface area contributed by atoms with Crippen LogP contribution in [-0.2, 0) is 14.3 Å². The van der Waals surface area contributed by atoms with Gasteiger partial charge in [0.05, 0.1) is 5.60 Å². The van der Waals surface area contributed by atoms with Crippen molar-refractivity contribution in [2.24, 2.45) is 0 Å². The lowest BCUT2D eigenvalue weighted by Crippen LogP contribution is -2.61. The van der Waals surface area contributed by atoms with Crippen molar-refractivity contribution in [3.63, 3.8) is 0 Å². The van der Waals surface area contributed by atoms with Crippen molar-refractivity contribution < 1.29 is 29.6 Å². The summed E-state index contributed by atoms with van der Waals surface area (Å²) in [7, 11) is 0. The second-order valence-electron chi connectivity index (χ2n) is 5.24. The van der Waals surface area contributed by atoms with Gasteiger partial charge < -0.3 is 24.8 Å². The van der Waals surface area contributed by atoms with Crippen molar-refractivity contribution in [2.45, 2.75) is 64.0 Å². The van der Waals surface area contributed by atoms with Gasteiger partial charge in [-0.25, -0.2) is 0 Å². The lowest BCUT2D eigenvalue weighted by molar-refractivity contribution is -0.310. The van der Waals surface area contributed by atoms with Crippen molar-refractivity contribution in [3.05, 3.63) is 0 Å². The lowest BCUT2D eigenvalue weighted by Gasteiger charge is -2.41. The summed E-state index contributed by atoms with van der Waals surface area (Å²) in [4.78, 5) is 11.2. The van der Waals surface area contributed by atoms with E-state index in [0.29, 0.717) is 0 Å².